The predicted molar refractivity (Wildman–Crippen MR) is 132 cm³/mol. The fraction of sp³-hybridized carbons (Fsp3) is 0.167. The molecule has 0 aliphatic rings. The molecule has 0 amide bonds. The molecule has 1 aromatic carbocycles. The molecule has 0 aliphatic heterocycles. The van der Waals surface area contributed by atoms with Gasteiger partial charge in [-0.3, -0.25) is 19.0 Å². The summed E-state index contributed by atoms with van der Waals surface area (Å²) < 4.78 is 17.8. The first-order chi connectivity index (χ1) is 16.8. The van der Waals surface area contributed by atoms with Gasteiger partial charge in [0, 0.05) is 24.0 Å². The Morgan fingerprint density at radius 1 is 1.31 bits per heavy atom. The van der Waals surface area contributed by atoms with Crippen LogP contribution in [-0.4, -0.2) is 25.6 Å². The molecule has 0 saturated carbocycles. The van der Waals surface area contributed by atoms with Crippen LogP contribution in [0.15, 0.2) is 51.2 Å². The minimum absolute atomic E-state index is 0.0296. The highest BCUT2D eigenvalue weighted by molar-refractivity contribution is 7.22. The number of aryl methyl sites for hydroxylation is 3. The topological polar surface area (TPSA) is 122 Å². The van der Waals surface area contributed by atoms with E-state index in [-0.39, 0.29) is 28.9 Å². The van der Waals surface area contributed by atoms with Crippen molar-refractivity contribution in [2.24, 2.45) is 12.0 Å². The number of nitriles is 2. The summed E-state index contributed by atoms with van der Waals surface area (Å²) in [6.07, 6.45) is 2.95. The van der Waals surface area contributed by atoms with E-state index in [1.165, 1.54) is 27.6 Å². The van der Waals surface area contributed by atoms with Crippen LogP contribution >= 0.6 is 11.3 Å². The zero-order chi connectivity index (χ0) is 25.3. The molecule has 0 unspecified atom stereocenters. The molecule has 174 valence electrons. The van der Waals surface area contributed by atoms with Crippen molar-refractivity contribution in [2.45, 2.75) is 19.9 Å². The SMILES string of the molecule is C=N/C=C(\c1c(C)cnn1C)n1c(=O)c2sc(-c3ccc(F)cc3C#N)cc2n(CCC#N)c1=O. The standard InChI is InChI=1S/C24H18FN7O2S/c1-14-12-29-30(3)21(14)19(13-28-2)32-23(33)22-18(31(24(32)34)8-4-7-26)10-20(35-22)17-6-5-16(25)9-15(17)11-27/h5-6,9-10,12-13H,2,4,8H2,1,3H3/b19-13+. The van der Waals surface area contributed by atoms with Gasteiger partial charge < -0.3 is 0 Å². The number of aliphatic imine (C=N–C) groups is 1. The Balaban J connectivity index is 2.10. The van der Waals surface area contributed by atoms with E-state index in [2.05, 4.69) is 16.8 Å². The predicted octanol–water partition coefficient (Wildman–Crippen LogP) is 3.41. The molecular formula is C24H18FN7O2S. The minimum atomic E-state index is -0.655. The lowest BCUT2D eigenvalue weighted by molar-refractivity contribution is 0.627. The van der Waals surface area contributed by atoms with Gasteiger partial charge in [0.25, 0.3) is 5.56 Å². The van der Waals surface area contributed by atoms with Gasteiger partial charge >= 0.3 is 5.69 Å². The average molecular weight is 488 g/mol. The minimum Gasteiger partial charge on any atom is -0.291 e. The summed E-state index contributed by atoms with van der Waals surface area (Å²) in [7, 11) is 1.68. The van der Waals surface area contributed by atoms with Gasteiger partial charge in [0.15, 0.2) is 0 Å². The van der Waals surface area contributed by atoms with Gasteiger partial charge in [0.1, 0.15) is 10.5 Å². The maximum atomic E-state index is 13.7. The summed E-state index contributed by atoms with van der Waals surface area (Å²) in [4.78, 5) is 31.7. The van der Waals surface area contributed by atoms with Crippen LogP contribution in [0.2, 0.25) is 0 Å². The van der Waals surface area contributed by atoms with Crippen LogP contribution in [0.1, 0.15) is 23.2 Å². The Bertz CT molecular complexity index is 1700. The number of rotatable bonds is 6. The first kappa shape index (κ1) is 23.5. The quantitative estimate of drug-likeness (QED) is 0.386. The molecule has 3 heterocycles. The summed E-state index contributed by atoms with van der Waals surface area (Å²) in [5, 5.41) is 22.8. The van der Waals surface area contributed by atoms with Crippen LogP contribution in [0.3, 0.4) is 0 Å². The van der Waals surface area contributed by atoms with Crippen LogP contribution in [0.5, 0.6) is 0 Å². The van der Waals surface area contributed by atoms with Crippen molar-refractivity contribution >= 4 is 34.0 Å². The van der Waals surface area contributed by atoms with Crippen molar-refractivity contribution in [3.05, 3.63) is 80.1 Å². The molecule has 0 N–H and O–H groups in total. The number of halogens is 1. The lowest BCUT2D eigenvalue weighted by Gasteiger charge is -2.14. The molecule has 0 saturated heterocycles. The van der Waals surface area contributed by atoms with E-state index in [0.29, 0.717) is 27.2 Å². The van der Waals surface area contributed by atoms with E-state index in [9.17, 15) is 19.2 Å². The average Bonchev–Trinajstić information content (AvgIpc) is 3.42. The number of hydrogen-bond acceptors (Lipinski definition) is 7. The summed E-state index contributed by atoms with van der Waals surface area (Å²) in [6, 6.07) is 9.40. The van der Waals surface area contributed by atoms with Gasteiger partial charge in [-0.1, -0.05) is 0 Å². The lowest BCUT2D eigenvalue weighted by atomic mass is 10.1. The molecule has 0 atom stereocenters. The lowest BCUT2D eigenvalue weighted by Crippen LogP contribution is -2.39. The van der Waals surface area contributed by atoms with E-state index in [4.69, 9.17) is 5.26 Å². The van der Waals surface area contributed by atoms with Crippen molar-refractivity contribution in [3.63, 3.8) is 0 Å². The number of thiophene rings is 1. The van der Waals surface area contributed by atoms with Crippen molar-refractivity contribution < 1.29 is 4.39 Å². The molecule has 4 aromatic rings. The Kier molecular flexibility index (Phi) is 6.28. The molecule has 0 radical (unpaired) electrons. The van der Waals surface area contributed by atoms with Crippen LogP contribution in [0.25, 0.3) is 26.4 Å². The monoisotopic (exact) mass is 487 g/mol. The van der Waals surface area contributed by atoms with E-state index < -0.39 is 17.1 Å². The van der Waals surface area contributed by atoms with E-state index in [1.807, 2.05) is 12.1 Å². The van der Waals surface area contributed by atoms with Gasteiger partial charge in [-0.2, -0.15) is 15.6 Å². The van der Waals surface area contributed by atoms with Crippen molar-refractivity contribution in [1.29, 1.82) is 10.5 Å². The Morgan fingerprint density at radius 2 is 2.09 bits per heavy atom. The fourth-order valence-electron chi connectivity index (χ4n) is 3.92. The summed E-state index contributed by atoms with van der Waals surface area (Å²) in [6.45, 7) is 5.30. The Hall–Kier alpha value is -4.61. The van der Waals surface area contributed by atoms with Crippen LogP contribution in [-0.2, 0) is 13.6 Å². The van der Waals surface area contributed by atoms with Gasteiger partial charge in [0.2, 0.25) is 0 Å². The second kappa shape index (κ2) is 9.33. The highest BCUT2D eigenvalue weighted by Crippen LogP contribution is 2.34. The first-order valence-corrected chi connectivity index (χ1v) is 11.2. The van der Waals surface area contributed by atoms with Crippen LogP contribution in [0, 0.1) is 35.4 Å². The Morgan fingerprint density at radius 3 is 2.71 bits per heavy atom. The van der Waals surface area contributed by atoms with Gasteiger partial charge in [-0.25, -0.2) is 13.8 Å². The number of hydrogen-bond donors (Lipinski definition) is 0. The third-order valence-electron chi connectivity index (χ3n) is 5.46. The number of benzene rings is 1. The molecule has 0 aliphatic carbocycles. The third-order valence-corrected chi connectivity index (χ3v) is 6.60. The van der Waals surface area contributed by atoms with E-state index in [1.54, 1.807) is 26.2 Å². The van der Waals surface area contributed by atoms with Crippen molar-refractivity contribution in [3.8, 4) is 22.6 Å². The normalized spacial score (nSPS) is 11.4. The number of aromatic nitrogens is 4. The van der Waals surface area contributed by atoms with Gasteiger partial charge in [0.05, 0.1) is 53.4 Å². The fourth-order valence-corrected chi connectivity index (χ4v) is 5.05. The summed E-state index contributed by atoms with van der Waals surface area (Å²) >= 11 is 1.08. The maximum absolute atomic E-state index is 13.7. The molecule has 0 spiro atoms. The highest BCUT2D eigenvalue weighted by Gasteiger charge is 2.23. The van der Waals surface area contributed by atoms with Gasteiger partial charge in [-0.15, -0.1) is 11.3 Å². The zero-order valence-electron chi connectivity index (χ0n) is 18.8. The molecule has 0 bridgehead atoms. The Labute approximate surface area is 202 Å². The second-order valence-electron chi connectivity index (χ2n) is 7.61. The molecule has 4 rings (SSSR count). The van der Waals surface area contributed by atoms with Crippen molar-refractivity contribution in [1.82, 2.24) is 18.9 Å². The molecular weight excluding hydrogens is 469 g/mol. The van der Waals surface area contributed by atoms with Crippen LogP contribution < -0.4 is 11.2 Å². The van der Waals surface area contributed by atoms with E-state index >= 15 is 0 Å². The van der Waals surface area contributed by atoms with Crippen LogP contribution in [0.4, 0.5) is 4.39 Å². The molecule has 35 heavy (non-hydrogen) atoms. The molecule has 0 fully saturated rings. The third kappa shape index (κ3) is 3.98. The van der Waals surface area contributed by atoms with E-state index in [0.717, 1.165) is 22.0 Å². The summed E-state index contributed by atoms with van der Waals surface area (Å²) in [5.41, 5.74) is 1.03. The maximum Gasteiger partial charge on any atom is 0.336 e. The molecule has 11 heteroatoms. The second-order valence-corrected chi connectivity index (χ2v) is 8.66. The number of fused-ring (bicyclic) bond motifs is 1. The van der Waals surface area contributed by atoms with Crippen molar-refractivity contribution in [2.75, 3.05) is 0 Å². The zero-order valence-corrected chi connectivity index (χ0v) is 19.6. The largest absolute Gasteiger partial charge is 0.336 e. The smallest absolute Gasteiger partial charge is 0.291 e. The highest BCUT2D eigenvalue weighted by atomic mass is 32.1. The first-order valence-electron chi connectivity index (χ1n) is 10.3. The molecule has 3 aromatic heterocycles. The number of nitrogens with zero attached hydrogens (tertiary/aromatic N) is 7. The molecule has 9 nitrogen and oxygen atoms in total. The summed E-state index contributed by atoms with van der Waals surface area (Å²) in [5.74, 6) is -0.557. The van der Waals surface area contributed by atoms with Gasteiger partial charge in [-0.05, 0) is 43.5 Å².